The molecule has 27 heavy (non-hydrogen) atoms. The Labute approximate surface area is 164 Å². The molecule has 0 aliphatic rings. The van der Waals surface area contributed by atoms with Gasteiger partial charge in [0, 0.05) is 12.0 Å². The van der Waals surface area contributed by atoms with Gasteiger partial charge in [-0.25, -0.2) is 9.59 Å². The van der Waals surface area contributed by atoms with E-state index in [0.717, 1.165) is 5.56 Å². The minimum Gasteiger partial charge on any atom is -0.444 e. The van der Waals surface area contributed by atoms with Crippen molar-refractivity contribution in [1.82, 2.24) is 5.32 Å². The second kappa shape index (κ2) is 9.28. The molecule has 2 rings (SSSR count). The highest BCUT2D eigenvalue weighted by atomic mass is 32.1. The summed E-state index contributed by atoms with van der Waals surface area (Å²) in [6.45, 7) is 5.25. The summed E-state index contributed by atoms with van der Waals surface area (Å²) >= 11 is 5.19. The van der Waals surface area contributed by atoms with Gasteiger partial charge in [0.15, 0.2) is 0 Å². The topological polar surface area (TPSA) is 64.6 Å². The molecule has 1 atom stereocenters. The number of thiocarbonyl (C=S) groups is 1. The fourth-order valence-electron chi connectivity index (χ4n) is 2.29. The molecule has 6 heteroatoms. The summed E-state index contributed by atoms with van der Waals surface area (Å²) in [5.74, 6) is -0.640. The summed E-state index contributed by atoms with van der Waals surface area (Å²) in [4.78, 5) is 24.8. The standard InChI is InChI=1S/C21H23NO4S/c1-21(2,3)26-20(24)22-17(14-15-10-6-4-7-11-15)18(23)25-19(27)16-12-8-5-9-13-16/h4-13,17H,14H2,1-3H3,(H,22,24). The predicted octanol–water partition coefficient (Wildman–Crippen LogP) is 4.04. The summed E-state index contributed by atoms with van der Waals surface area (Å²) in [6.07, 6.45) is -0.429. The first-order chi connectivity index (χ1) is 12.7. The third kappa shape index (κ3) is 7.19. The van der Waals surface area contributed by atoms with E-state index in [1.807, 2.05) is 36.4 Å². The number of rotatable bonds is 5. The Morgan fingerprint density at radius 3 is 2.11 bits per heavy atom. The van der Waals surface area contributed by atoms with Crippen molar-refractivity contribution in [2.75, 3.05) is 0 Å². The monoisotopic (exact) mass is 385 g/mol. The van der Waals surface area contributed by atoms with Crippen LogP contribution >= 0.6 is 12.2 Å². The highest BCUT2D eigenvalue weighted by Gasteiger charge is 2.27. The number of alkyl carbamates (subject to hydrolysis) is 1. The van der Waals surface area contributed by atoms with E-state index >= 15 is 0 Å². The van der Waals surface area contributed by atoms with Gasteiger partial charge in [0.25, 0.3) is 0 Å². The van der Waals surface area contributed by atoms with Crippen molar-refractivity contribution in [3.05, 3.63) is 71.8 Å². The van der Waals surface area contributed by atoms with Gasteiger partial charge in [-0.15, -0.1) is 0 Å². The smallest absolute Gasteiger partial charge is 0.408 e. The van der Waals surface area contributed by atoms with E-state index < -0.39 is 23.7 Å². The van der Waals surface area contributed by atoms with Gasteiger partial charge >= 0.3 is 12.1 Å². The molecule has 1 N–H and O–H groups in total. The fourth-order valence-corrected chi connectivity index (χ4v) is 2.51. The minimum absolute atomic E-state index is 0.0599. The van der Waals surface area contributed by atoms with Gasteiger partial charge in [-0.2, -0.15) is 0 Å². The van der Waals surface area contributed by atoms with E-state index in [1.165, 1.54) is 0 Å². The quantitative estimate of drug-likeness (QED) is 0.622. The van der Waals surface area contributed by atoms with Crippen molar-refractivity contribution in [1.29, 1.82) is 0 Å². The number of carbonyl (C=O) groups excluding carboxylic acids is 2. The first-order valence-corrected chi connectivity index (χ1v) is 9.00. The van der Waals surface area contributed by atoms with Gasteiger partial charge in [0.1, 0.15) is 11.6 Å². The van der Waals surface area contributed by atoms with Crippen LogP contribution in [0.3, 0.4) is 0 Å². The van der Waals surface area contributed by atoms with Gasteiger partial charge in [-0.05, 0) is 38.6 Å². The van der Waals surface area contributed by atoms with Crippen LogP contribution in [-0.4, -0.2) is 28.8 Å². The summed E-state index contributed by atoms with van der Waals surface area (Å²) in [5, 5.41) is 2.64. The van der Waals surface area contributed by atoms with Crippen LogP contribution in [0.15, 0.2) is 60.7 Å². The Kier molecular flexibility index (Phi) is 7.07. The molecule has 0 saturated heterocycles. The van der Waals surface area contributed by atoms with Crippen molar-refractivity contribution in [2.45, 2.75) is 38.8 Å². The number of hydrogen-bond acceptors (Lipinski definition) is 5. The second-order valence-electron chi connectivity index (χ2n) is 6.96. The molecule has 1 amide bonds. The molecular weight excluding hydrogens is 362 g/mol. The highest BCUT2D eigenvalue weighted by molar-refractivity contribution is 7.80. The molecule has 2 aromatic rings. The molecule has 0 bridgehead atoms. The molecule has 0 fully saturated rings. The van der Waals surface area contributed by atoms with Crippen LogP contribution in [0.4, 0.5) is 4.79 Å². The van der Waals surface area contributed by atoms with E-state index in [9.17, 15) is 9.59 Å². The van der Waals surface area contributed by atoms with E-state index in [0.29, 0.717) is 5.56 Å². The Bertz CT molecular complexity index is 785. The number of benzene rings is 2. The fraction of sp³-hybridized carbons (Fsp3) is 0.286. The zero-order valence-corrected chi connectivity index (χ0v) is 16.4. The lowest BCUT2D eigenvalue weighted by Gasteiger charge is -2.23. The average Bonchev–Trinajstić information content (AvgIpc) is 2.61. The first kappa shape index (κ1) is 20.6. The third-order valence-corrected chi connectivity index (χ3v) is 3.78. The van der Waals surface area contributed by atoms with Crippen LogP contribution in [0.25, 0.3) is 0 Å². The van der Waals surface area contributed by atoms with Crippen molar-refractivity contribution in [3.63, 3.8) is 0 Å². The molecule has 0 saturated carbocycles. The molecule has 0 heterocycles. The van der Waals surface area contributed by atoms with Crippen LogP contribution in [-0.2, 0) is 20.7 Å². The van der Waals surface area contributed by atoms with Crippen molar-refractivity contribution >= 4 is 29.3 Å². The maximum Gasteiger partial charge on any atom is 0.408 e. The molecule has 0 aromatic heterocycles. The third-order valence-electron chi connectivity index (χ3n) is 3.46. The van der Waals surface area contributed by atoms with Gasteiger partial charge in [0.05, 0.1) is 0 Å². The lowest BCUT2D eigenvalue weighted by Crippen LogP contribution is -2.46. The first-order valence-electron chi connectivity index (χ1n) is 8.59. The van der Waals surface area contributed by atoms with Crippen LogP contribution in [0, 0.1) is 0 Å². The van der Waals surface area contributed by atoms with E-state index in [1.54, 1.807) is 45.0 Å². The maximum atomic E-state index is 12.7. The summed E-state index contributed by atoms with van der Waals surface area (Å²) in [6, 6.07) is 17.4. The van der Waals surface area contributed by atoms with Gasteiger partial charge in [-0.3, -0.25) is 0 Å². The van der Waals surface area contributed by atoms with Crippen LogP contribution in [0.5, 0.6) is 0 Å². The molecule has 0 radical (unpaired) electrons. The SMILES string of the molecule is CC(C)(C)OC(=O)NC(Cc1ccccc1)C(=O)OC(=S)c1ccccc1. The van der Waals surface area contributed by atoms with Crippen LogP contribution < -0.4 is 5.32 Å². The zero-order valence-electron chi connectivity index (χ0n) is 15.6. The summed E-state index contributed by atoms with van der Waals surface area (Å²) in [7, 11) is 0. The Morgan fingerprint density at radius 1 is 1.00 bits per heavy atom. The maximum absolute atomic E-state index is 12.7. The Balaban J connectivity index is 2.11. The molecule has 0 spiro atoms. The molecule has 0 aliphatic heterocycles. The average molecular weight is 385 g/mol. The minimum atomic E-state index is -0.927. The number of esters is 1. The zero-order chi connectivity index (χ0) is 19.9. The Morgan fingerprint density at radius 2 is 1.56 bits per heavy atom. The highest BCUT2D eigenvalue weighted by Crippen LogP contribution is 2.11. The number of nitrogens with one attached hydrogen (secondary N) is 1. The molecule has 0 aliphatic carbocycles. The molecule has 1 unspecified atom stereocenters. The lowest BCUT2D eigenvalue weighted by molar-refractivity contribution is -0.137. The predicted molar refractivity (Wildman–Crippen MR) is 108 cm³/mol. The summed E-state index contributed by atoms with van der Waals surface area (Å²) < 4.78 is 10.6. The molecule has 2 aromatic carbocycles. The second-order valence-corrected chi connectivity index (χ2v) is 7.33. The summed E-state index contributed by atoms with van der Waals surface area (Å²) in [5.41, 5.74) is 0.822. The molecule has 5 nitrogen and oxygen atoms in total. The van der Waals surface area contributed by atoms with E-state index in [2.05, 4.69) is 5.32 Å². The lowest BCUT2D eigenvalue weighted by atomic mass is 10.1. The van der Waals surface area contributed by atoms with Crippen molar-refractivity contribution in [2.24, 2.45) is 0 Å². The van der Waals surface area contributed by atoms with Crippen LogP contribution in [0.1, 0.15) is 31.9 Å². The van der Waals surface area contributed by atoms with E-state index in [-0.39, 0.29) is 11.5 Å². The number of ether oxygens (including phenoxy) is 2. The number of carbonyl (C=O) groups is 2. The van der Waals surface area contributed by atoms with Gasteiger partial charge in [0.2, 0.25) is 5.05 Å². The van der Waals surface area contributed by atoms with E-state index in [4.69, 9.17) is 21.7 Å². The van der Waals surface area contributed by atoms with Crippen molar-refractivity contribution in [3.8, 4) is 0 Å². The Hall–Kier alpha value is -2.73. The van der Waals surface area contributed by atoms with Crippen LogP contribution in [0.2, 0.25) is 0 Å². The molecule has 142 valence electrons. The molecular formula is C21H23NO4S. The van der Waals surface area contributed by atoms with Gasteiger partial charge in [-0.1, -0.05) is 60.7 Å². The number of amides is 1. The number of hydrogen-bond donors (Lipinski definition) is 1. The van der Waals surface area contributed by atoms with Gasteiger partial charge < -0.3 is 14.8 Å². The normalized spacial score (nSPS) is 12.0. The van der Waals surface area contributed by atoms with Crippen molar-refractivity contribution < 1.29 is 19.1 Å². The largest absolute Gasteiger partial charge is 0.444 e.